The smallest absolute Gasteiger partial charge is 0.342 e. The van der Waals surface area contributed by atoms with Crippen molar-refractivity contribution in [3.05, 3.63) is 56.9 Å². The molecule has 0 radical (unpaired) electrons. The molecule has 98 valence electrons. The lowest BCUT2D eigenvalue weighted by Gasteiger charge is -2.09. The predicted octanol–water partition coefficient (Wildman–Crippen LogP) is 0.946. The maximum absolute atomic E-state index is 11.8. The lowest BCUT2D eigenvalue weighted by Crippen LogP contribution is -2.32. The average Bonchev–Trinajstić information content (AvgIpc) is 2.38. The number of rotatable bonds is 3. The summed E-state index contributed by atoms with van der Waals surface area (Å²) in [5.74, 6) is -1.38. The van der Waals surface area contributed by atoms with Gasteiger partial charge in [-0.15, -0.1) is 11.8 Å². The van der Waals surface area contributed by atoms with Crippen LogP contribution in [0.3, 0.4) is 0 Å². The van der Waals surface area contributed by atoms with Crippen molar-refractivity contribution in [2.45, 2.75) is 4.90 Å². The van der Waals surface area contributed by atoms with Gasteiger partial charge in [0.15, 0.2) is 0 Å². The molecule has 2 rings (SSSR count). The third-order valence-electron chi connectivity index (χ3n) is 2.52. The number of thioether (sulfide) groups is 1. The first-order chi connectivity index (χ1) is 9.04. The minimum atomic E-state index is -1.38. The second-order valence-electron chi connectivity index (χ2n) is 3.65. The molecule has 0 saturated heterocycles. The highest BCUT2D eigenvalue weighted by Gasteiger charge is 2.13. The summed E-state index contributed by atoms with van der Waals surface area (Å²) in [7, 11) is 0. The number of carboxylic acid groups (broad SMARTS) is 1. The fourth-order valence-corrected chi connectivity index (χ4v) is 2.22. The van der Waals surface area contributed by atoms with E-state index >= 15 is 0 Å². The average molecular weight is 278 g/mol. The van der Waals surface area contributed by atoms with Gasteiger partial charge in [-0.05, 0) is 18.4 Å². The van der Waals surface area contributed by atoms with Crippen molar-refractivity contribution < 1.29 is 9.90 Å². The van der Waals surface area contributed by atoms with Crippen molar-refractivity contribution >= 4 is 17.7 Å². The van der Waals surface area contributed by atoms with E-state index < -0.39 is 22.8 Å². The van der Waals surface area contributed by atoms with Crippen LogP contribution >= 0.6 is 11.8 Å². The third-order valence-corrected chi connectivity index (χ3v) is 3.30. The second kappa shape index (κ2) is 5.15. The molecule has 0 aliphatic heterocycles. The molecule has 0 aliphatic rings. The molecular formula is C12H10N2O4S. The van der Waals surface area contributed by atoms with Crippen LogP contribution in [0.4, 0.5) is 0 Å². The molecule has 0 saturated carbocycles. The Morgan fingerprint density at radius 3 is 2.63 bits per heavy atom. The summed E-state index contributed by atoms with van der Waals surface area (Å²) in [6, 6.07) is 7.02. The summed E-state index contributed by atoms with van der Waals surface area (Å²) in [4.78, 5) is 36.9. The summed E-state index contributed by atoms with van der Waals surface area (Å²) in [5, 5.41) is 8.91. The Morgan fingerprint density at radius 1 is 1.32 bits per heavy atom. The molecule has 1 aromatic carbocycles. The van der Waals surface area contributed by atoms with E-state index in [0.717, 1.165) is 15.7 Å². The molecule has 0 fully saturated rings. The highest BCUT2D eigenvalue weighted by molar-refractivity contribution is 7.98. The van der Waals surface area contributed by atoms with Gasteiger partial charge in [-0.3, -0.25) is 14.3 Å². The number of aromatic carboxylic acids is 1. The fourth-order valence-electron chi connectivity index (χ4n) is 1.63. The molecule has 0 bridgehead atoms. The number of hydrogen-bond acceptors (Lipinski definition) is 4. The highest BCUT2D eigenvalue weighted by atomic mass is 32.2. The highest BCUT2D eigenvalue weighted by Crippen LogP contribution is 2.22. The maximum atomic E-state index is 11.8. The van der Waals surface area contributed by atoms with Gasteiger partial charge in [0.25, 0.3) is 5.56 Å². The Hall–Kier alpha value is -2.28. The zero-order valence-corrected chi connectivity index (χ0v) is 10.7. The van der Waals surface area contributed by atoms with E-state index in [1.165, 1.54) is 11.8 Å². The molecule has 0 unspecified atom stereocenters. The number of carboxylic acids is 1. The molecule has 0 atom stereocenters. The van der Waals surface area contributed by atoms with Crippen LogP contribution in [0.2, 0.25) is 0 Å². The van der Waals surface area contributed by atoms with Crippen molar-refractivity contribution in [2.75, 3.05) is 6.26 Å². The number of benzene rings is 1. The number of aromatic amines is 1. The van der Waals surface area contributed by atoms with Crippen molar-refractivity contribution in [3.63, 3.8) is 0 Å². The lowest BCUT2D eigenvalue weighted by molar-refractivity contribution is 0.0694. The van der Waals surface area contributed by atoms with E-state index in [-0.39, 0.29) is 0 Å². The molecule has 19 heavy (non-hydrogen) atoms. The van der Waals surface area contributed by atoms with Crippen LogP contribution in [0.5, 0.6) is 0 Å². The predicted molar refractivity (Wildman–Crippen MR) is 71.4 cm³/mol. The van der Waals surface area contributed by atoms with Gasteiger partial charge in [0.05, 0.1) is 5.69 Å². The molecule has 6 nitrogen and oxygen atoms in total. The number of hydrogen-bond donors (Lipinski definition) is 2. The van der Waals surface area contributed by atoms with Crippen LogP contribution in [-0.2, 0) is 0 Å². The summed E-state index contributed by atoms with van der Waals surface area (Å²) >= 11 is 1.42. The van der Waals surface area contributed by atoms with Gasteiger partial charge in [-0.1, -0.05) is 12.1 Å². The number of carbonyl (C=O) groups is 1. The van der Waals surface area contributed by atoms with Gasteiger partial charge in [-0.2, -0.15) is 0 Å². The molecule has 1 heterocycles. The molecule has 2 aromatic rings. The molecule has 0 amide bonds. The first kappa shape index (κ1) is 13.2. The van der Waals surface area contributed by atoms with Crippen molar-refractivity contribution in [3.8, 4) is 5.69 Å². The Morgan fingerprint density at radius 2 is 2.00 bits per heavy atom. The summed E-state index contributed by atoms with van der Waals surface area (Å²) in [6.45, 7) is 0. The minimum absolute atomic E-state index is 0.476. The number of H-pyrrole nitrogens is 1. The van der Waals surface area contributed by atoms with Crippen LogP contribution in [0.25, 0.3) is 5.69 Å². The Labute approximate surface area is 111 Å². The van der Waals surface area contributed by atoms with Gasteiger partial charge in [-0.25, -0.2) is 9.59 Å². The van der Waals surface area contributed by atoms with Gasteiger partial charge in [0.2, 0.25) is 0 Å². The van der Waals surface area contributed by atoms with E-state index in [9.17, 15) is 14.4 Å². The first-order valence-electron chi connectivity index (χ1n) is 5.27. The quantitative estimate of drug-likeness (QED) is 0.815. The molecule has 0 spiro atoms. The zero-order chi connectivity index (χ0) is 14.0. The zero-order valence-electron chi connectivity index (χ0n) is 9.91. The first-order valence-corrected chi connectivity index (χ1v) is 6.49. The number of para-hydroxylation sites is 1. The van der Waals surface area contributed by atoms with Gasteiger partial charge < -0.3 is 5.11 Å². The van der Waals surface area contributed by atoms with E-state index in [2.05, 4.69) is 0 Å². The molecule has 7 heteroatoms. The topological polar surface area (TPSA) is 92.2 Å². The van der Waals surface area contributed by atoms with E-state index in [0.29, 0.717) is 5.69 Å². The Kier molecular flexibility index (Phi) is 3.57. The molecular weight excluding hydrogens is 268 g/mol. The summed E-state index contributed by atoms with van der Waals surface area (Å²) in [6.07, 6.45) is 2.88. The van der Waals surface area contributed by atoms with Crippen LogP contribution in [-0.4, -0.2) is 26.9 Å². The summed E-state index contributed by atoms with van der Waals surface area (Å²) < 4.78 is 1.12. The largest absolute Gasteiger partial charge is 0.477 e. The van der Waals surface area contributed by atoms with E-state index in [1.54, 1.807) is 18.2 Å². The minimum Gasteiger partial charge on any atom is -0.477 e. The van der Waals surface area contributed by atoms with Crippen LogP contribution < -0.4 is 11.2 Å². The van der Waals surface area contributed by atoms with Gasteiger partial charge in [0, 0.05) is 11.1 Å². The van der Waals surface area contributed by atoms with Crippen molar-refractivity contribution in [2.24, 2.45) is 0 Å². The Balaban J connectivity index is 2.76. The fraction of sp³-hybridized carbons (Fsp3) is 0.0833. The van der Waals surface area contributed by atoms with Crippen molar-refractivity contribution in [1.82, 2.24) is 9.55 Å². The van der Waals surface area contributed by atoms with E-state index in [4.69, 9.17) is 5.11 Å². The van der Waals surface area contributed by atoms with Crippen LogP contribution in [0, 0.1) is 0 Å². The molecule has 2 N–H and O–H groups in total. The maximum Gasteiger partial charge on any atom is 0.342 e. The third kappa shape index (κ3) is 2.45. The van der Waals surface area contributed by atoms with Gasteiger partial charge in [0.1, 0.15) is 5.56 Å². The second-order valence-corrected chi connectivity index (χ2v) is 4.50. The Bertz CT molecular complexity index is 748. The number of nitrogens with one attached hydrogen (secondary N) is 1. The molecule has 0 aliphatic carbocycles. The van der Waals surface area contributed by atoms with Crippen LogP contribution in [0.1, 0.15) is 10.4 Å². The standard InChI is InChI=1S/C12H10N2O4S/c1-19-9-5-3-2-4-8(9)14-6-7(11(16)17)10(15)13-12(14)18/h2-6H,1H3,(H,16,17)(H,13,15,18). The lowest BCUT2D eigenvalue weighted by atomic mass is 10.3. The SMILES string of the molecule is CSc1ccccc1-n1cc(C(=O)O)c(=O)[nH]c1=O. The van der Waals surface area contributed by atoms with Crippen LogP contribution in [0.15, 0.2) is 44.9 Å². The van der Waals surface area contributed by atoms with Crippen molar-refractivity contribution in [1.29, 1.82) is 0 Å². The molecule has 1 aromatic heterocycles. The van der Waals surface area contributed by atoms with Gasteiger partial charge >= 0.3 is 11.7 Å². The normalized spacial score (nSPS) is 10.4. The summed E-state index contributed by atoms with van der Waals surface area (Å²) in [5.41, 5.74) is -1.53. The number of aromatic nitrogens is 2. The van der Waals surface area contributed by atoms with E-state index in [1.807, 2.05) is 17.3 Å². The monoisotopic (exact) mass is 278 g/mol. The number of nitrogens with zero attached hydrogens (tertiary/aromatic N) is 1.